The minimum atomic E-state index is -0.997. The molecule has 0 aromatic heterocycles. The third-order valence-electron chi connectivity index (χ3n) is 3.26. The first-order chi connectivity index (χ1) is 9.04. The molecule has 0 aliphatic carbocycles. The Kier molecular flexibility index (Phi) is 3.71. The van der Waals surface area contributed by atoms with Crippen molar-refractivity contribution in [3.8, 4) is 0 Å². The summed E-state index contributed by atoms with van der Waals surface area (Å²) in [5.74, 6) is -1.05. The molecule has 3 N–H and O–H groups in total. The monoisotopic (exact) mass is 263 g/mol. The van der Waals surface area contributed by atoms with Crippen LogP contribution in [0.5, 0.6) is 0 Å². The van der Waals surface area contributed by atoms with Gasteiger partial charge in [0.1, 0.15) is 0 Å². The molecule has 0 unspecified atom stereocenters. The van der Waals surface area contributed by atoms with Crippen LogP contribution in [-0.4, -0.2) is 43.7 Å². The van der Waals surface area contributed by atoms with Gasteiger partial charge in [0, 0.05) is 13.6 Å². The summed E-state index contributed by atoms with van der Waals surface area (Å²) in [7, 11) is 1.66. The van der Waals surface area contributed by atoms with Crippen LogP contribution in [0.3, 0.4) is 0 Å². The molecule has 1 aliphatic rings. The zero-order chi connectivity index (χ0) is 14.0. The SMILES string of the molecule is CN1C(=O)CN(CCCN)c2ccc(C(=O)O)cc21. The standard InChI is InChI=1S/C13H17N3O3/c1-15-11-7-9(13(18)19)3-4-10(11)16(6-2-5-14)8-12(15)17/h3-4,7H,2,5-6,8,14H2,1H3,(H,18,19). The van der Waals surface area contributed by atoms with Gasteiger partial charge in [0.05, 0.1) is 23.5 Å². The fourth-order valence-electron chi connectivity index (χ4n) is 2.16. The van der Waals surface area contributed by atoms with Crippen LogP contribution in [0.4, 0.5) is 11.4 Å². The molecule has 0 spiro atoms. The zero-order valence-corrected chi connectivity index (χ0v) is 10.8. The normalized spacial score (nSPS) is 14.5. The summed E-state index contributed by atoms with van der Waals surface area (Å²) in [4.78, 5) is 26.4. The molecule has 1 aromatic carbocycles. The first-order valence-corrected chi connectivity index (χ1v) is 6.13. The molecule has 0 atom stereocenters. The van der Waals surface area contributed by atoms with E-state index in [1.807, 2.05) is 4.90 Å². The highest BCUT2D eigenvalue weighted by atomic mass is 16.4. The Balaban J connectivity index is 2.40. The molecule has 0 bridgehead atoms. The minimum Gasteiger partial charge on any atom is -0.478 e. The van der Waals surface area contributed by atoms with E-state index in [2.05, 4.69) is 0 Å². The highest BCUT2D eigenvalue weighted by Crippen LogP contribution is 2.33. The van der Waals surface area contributed by atoms with Crippen LogP contribution in [0.1, 0.15) is 16.8 Å². The Morgan fingerprint density at radius 3 is 2.79 bits per heavy atom. The van der Waals surface area contributed by atoms with E-state index < -0.39 is 5.97 Å². The lowest BCUT2D eigenvalue weighted by molar-refractivity contribution is -0.117. The number of anilines is 2. The van der Waals surface area contributed by atoms with Gasteiger partial charge in [-0.15, -0.1) is 0 Å². The lowest BCUT2D eigenvalue weighted by Gasteiger charge is -2.35. The number of carbonyl (C=O) groups is 2. The Bertz CT molecular complexity index is 516. The highest BCUT2D eigenvalue weighted by molar-refractivity contribution is 6.04. The van der Waals surface area contributed by atoms with Crippen molar-refractivity contribution in [3.63, 3.8) is 0 Å². The Hall–Kier alpha value is -2.08. The molecule has 1 aliphatic heterocycles. The van der Waals surface area contributed by atoms with Crippen LogP contribution in [0.2, 0.25) is 0 Å². The number of amides is 1. The number of fused-ring (bicyclic) bond motifs is 1. The number of likely N-dealkylation sites (N-methyl/N-ethyl adjacent to an activating group) is 1. The summed E-state index contributed by atoms with van der Waals surface area (Å²) in [5, 5.41) is 9.01. The van der Waals surface area contributed by atoms with Crippen molar-refractivity contribution >= 4 is 23.3 Å². The number of carboxylic acid groups (broad SMARTS) is 1. The van der Waals surface area contributed by atoms with Crippen molar-refractivity contribution in [2.45, 2.75) is 6.42 Å². The second kappa shape index (κ2) is 5.27. The number of carboxylic acids is 1. The molecule has 1 amide bonds. The van der Waals surface area contributed by atoms with Crippen LogP contribution in [0.15, 0.2) is 18.2 Å². The van der Waals surface area contributed by atoms with Crippen LogP contribution < -0.4 is 15.5 Å². The van der Waals surface area contributed by atoms with Crippen LogP contribution in [-0.2, 0) is 4.79 Å². The van der Waals surface area contributed by atoms with Gasteiger partial charge in [-0.1, -0.05) is 0 Å². The van der Waals surface area contributed by atoms with E-state index in [9.17, 15) is 9.59 Å². The largest absolute Gasteiger partial charge is 0.478 e. The fourth-order valence-corrected chi connectivity index (χ4v) is 2.16. The molecule has 0 saturated heterocycles. The number of rotatable bonds is 4. The van der Waals surface area contributed by atoms with Crippen LogP contribution in [0.25, 0.3) is 0 Å². The Labute approximate surface area is 111 Å². The number of hydrogen-bond acceptors (Lipinski definition) is 4. The molecule has 1 heterocycles. The van der Waals surface area contributed by atoms with E-state index in [0.29, 0.717) is 25.3 Å². The first kappa shape index (κ1) is 13.4. The third kappa shape index (κ3) is 2.53. The predicted octanol–water partition coefficient (Wildman–Crippen LogP) is 0.516. The van der Waals surface area contributed by atoms with E-state index in [1.165, 1.54) is 11.0 Å². The number of benzene rings is 1. The molecule has 0 saturated carbocycles. The van der Waals surface area contributed by atoms with Crippen molar-refractivity contribution in [2.75, 3.05) is 36.5 Å². The summed E-state index contributed by atoms with van der Waals surface area (Å²) in [5.41, 5.74) is 7.18. The number of nitrogens with two attached hydrogens (primary N) is 1. The number of nitrogens with zero attached hydrogens (tertiary/aromatic N) is 2. The van der Waals surface area contributed by atoms with Crippen molar-refractivity contribution in [2.24, 2.45) is 5.73 Å². The lowest BCUT2D eigenvalue weighted by Crippen LogP contribution is -2.44. The maximum absolute atomic E-state index is 11.9. The average Bonchev–Trinajstić information content (AvgIpc) is 2.40. The van der Waals surface area contributed by atoms with E-state index in [0.717, 1.165) is 12.1 Å². The van der Waals surface area contributed by atoms with Gasteiger partial charge in [-0.05, 0) is 31.2 Å². The van der Waals surface area contributed by atoms with E-state index >= 15 is 0 Å². The molecule has 102 valence electrons. The lowest BCUT2D eigenvalue weighted by atomic mass is 10.1. The molecule has 0 fully saturated rings. The smallest absolute Gasteiger partial charge is 0.335 e. The van der Waals surface area contributed by atoms with Gasteiger partial charge in [0.2, 0.25) is 5.91 Å². The summed E-state index contributed by atoms with van der Waals surface area (Å²) in [6.45, 7) is 1.55. The summed E-state index contributed by atoms with van der Waals surface area (Å²) in [6.07, 6.45) is 0.789. The van der Waals surface area contributed by atoms with Gasteiger partial charge < -0.3 is 20.6 Å². The molecule has 6 heteroatoms. The van der Waals surface area contributed by atoms with E-state index in [4.69, 9.17) is 10.8 Å². The van der Waals surface area contributed by atoms with E-state index in [1.54, 1.807) is 19.2 Å². The summed E-state index contributed by atoms with van der Waals surface area (Å²) < 4.78 is 0. The van der Waals surface area contributed by atoms with Gasteiger partial charge in [0.15, 0.2) is 0 Å². The van der Waals surface area contributed by atoms with Crippen LogP contribution in [0, 0.1) is 0 Å². The minimum absolute atomic E-state index is 0.0490. The third-order valence-corrected chi connectivity index (χ3v) is 3.26. The molecular weight excluding hydrogens is 246 g/mol. The van der Waals surface area contributed by atoms with Crippen molar-refractivity contribution in [1.29, 1.82) is 0 Å². The molecule has 1 aromatic rings. The summed E-state index contributed by atoms with van der Waals surface area (Å²) >= 11 is 0. The molecular formula is C13H17N3O3. The summed E-state index contributed by atoms with van der Waals surface area (Å²) in [6, 6.07) is 4.84. The second-order valence-electron chi connectivity index (χ2n) is 4.53. The van der Waals surface area contributed by atoms with Crippen molar-refractivity contribution in [3.05, 3.63) is 23.8 Å². The van der Waals surface area contributed by atoms with Crippen molar-refractivity contribution < 1.29 is 14.7 Å². The molecule has 2 rings (SSSR count). The average molecular weight is 263 g/mol. The first-order valence-electron chi connectivity index (χ1n) is 6.13. The molecule has 19 heavy (non-hydrogen) atoms. The second-order valence-corrected chi connectivity index (χ2v) is 4.53. The maximum atomic E-state index is 11.9. The topological polar surface area (TPSA) is 86.9 Å². The van der Waals surface area contributed by atoms with Gasteiger partial charge in [-0.2, -0.15) is 0 Å². The Morgan fingerprint density at radius 2 is 2.16 bits per heavy atom. The fraction of sp³-hybridized carbons (Fsp3) is 0.385. The quantitative estimate of drug-likeness (QED) is 0.826. The van der Waals surface area contributed by atoms with Gasteiger partial charge in [0.25, 0.3) is 0 Å². The van der Waals surface area contributed by atoms with Gasteiger partial charge >= 0.3 is 5.97 Å². The Morgan fingerprint density at radius 1 is 1.42 bits per heavy atom. The predicted molar refractivity (Wildman–Crippen MR) is 72.7 cm³/mol. The molecule has 6 nitrogen and oxygen atoms in total. The number of hydrogen-bond donors (Lipinski definition) is 2. The number of aromatic carboxylic acids is 1. The zero-order valence-electron chi connectivity index (χ0n) is 10.8. The van der Waals surface area contributed by atoms with E-state index in [-0.39, 0.29) is 11.5 Å². The van der Waals surface area contributed by atoms with Gasteiger partial charge in [-0.25, -0.2) is 4.79 Å². The van der Waals surface area contributed by atoms with Crippen LogP contribution >= 0.6 is 0 Å². The number of carbonyl (C=O) groups excluding carboxylic acids is 1. The van der Waals surface area contributed by atoms with Gasteiger partial charge in [-0.3, -0.25) is 4.79 Å². The highest BCUT2D eigenvalue weighted by Gasteiger charge is 2.27. The molecule has 0 radical (unpaired) electrons. The maximum Gasteiger partial charge on any atom is 0.335 e. The van der Waals surface area contributed by atoms with Crippen molar-refractivity contribution in [1.82, 2.24) is 0 Å².